The monoisotopic (exact) mass is 344 g/mol. The van der Waals surface area contributed by atoms with E-state index in [1.807, 2.05) is 30.0 Å². The number of carbonyl (C=O) groups excluding carboxylic acids is 1. The first-order chi connectivity index (χ1) is 11.6. The Morgan fingerprint density at radius 1 is 1.38 bits per heavy atom. The molecule has 5 heteroatoms. The summed E-state index contributed by atoms with van der Waals surface area (Å²) in [5.41, 5.74) is 2.03. The van der Waals surface area contributed by atoms with E-state index in [1.54, 1.807) is 18.9 Å². The number of amides is 1. The summed E-state index contributed by atoms with van der Waals surface area (Å²) < 4.78 is 5.27. The Hall–Kier alpha value is -1.75. The summed E-state index contributed by atoms with van der Waals surface area (Å²) in [6, 6.07) is 8.35. The number of ether oxygens (including phenoxy) is 1. The lowest BCUT2D eigenvalue weighted by molar-refractivity contribution is -0.131. The summed E-state index contributed by atoms with van der Waals surface area (Å²) in [5, 5.41) is 2.00. The minimum absolute atomic E-state index is 0.225. The van der Waals surface area contributed by atoms with Crippen LogP contribution in [0.25, 0.3) is 10.9 Å². The average molecular weight is 344 g/mol. The molecule has 3 rings (SSSR count). The summed E-state index contributed by atoms with van der Waals surface area (Å²) in [7, 11) is 1.67. The smallest absolute Gasteiger partial charge is 0.233 e. The van der Waals surface area contributed by atoms with Crippen molar-refractivity contribution in [2.45, 2.75) is 44.2 Å². The number of aryl methyl sites for hydroxylation is 1. The van der Waals surface area contributed by atoms with Crippen LogP contribution in [0.15, 0.2) is 29.3 Å². The van der Waals surface area contributed by atoms with Gasteiger partial charge in [0.25, 0.3) is 0 Å². The second-order valence-electron chi connectivity index (χ2n) is 6.39. The van der Waals surface area contributed by atoms with Gasteiger partial charge in [-0.25, -0.2) is 4.98 Å². The van der Waals surface area contributed by atoms with Crippen molar-refractivity contribution in [3.05, 3.63) is 29.8 Å². The fourth-order valence-corrected chi connectivity index (χ4v) is 4.07. The maximum Gasteiger partial charge on any atom is 0.233 e. The first kappa shape index (κ1) is 17.1. The fourth-order valence-electron chi connectivity index (χ4n) is 3.20. The summed E-state index contributed by atoms with van der Waals surface area (Å²) in [6.45, 7) is 5.08. The van der Waals surface area contributed by atoms with E-state index in [0.717, 1.165) is 46.6 Å². The average Bonchev–Trinajstić information content (AvgIpc) is 2.59. The molecule has 24 heavy (non-hydrogen) atoms. The molecule has 4 nitrogen and oxygen atoms in total. The number of piperidine rings is 1. The number of fused-ring (bicyclic) bond motifs is 1. The molecule has 1 amide bonds. The molecule has 1 fully saturated rings. The van der Waals surface area contributed by atoms with Crippen LogP contribution in [-0.4, -0.2) is 41.2 Å². The van der Waals surface area contributed by atoms with E-state index < -0.39 is 0 Å². The molecular weight excluding hydrogens is 320 g/mol. The highest BCUT2D eigenvalue weighted by Crippen LogP contribution is 2.27. The summed E-state index contributed by atoms with van der Waals surface area (Å²) >= 11 is 1.54. The maximum atomic E-state index is 12.5. The van der Waals surface area contributed by atoms with Crippen molar-refractivity contribution < 1.29 is 9.53 Å². The first-order valence-corrected chi connectivity index (χ1v) is 9.44. The van der Waals surface area contributed by atoms with Crippen LogP contribution >= 0.6 is 11.8 Å². The number of rotatable bonds is 4. The fraction of sp³-hybridized carbons (Fsp3) is 0.474. The summed E-state index contributed by atoms with van der Waals surface area (Å²) in [6.07, 6.45) is 3.47. The van der Waals surface area contributed by atoms with Gasteiger partial charge in [0, 0.05) is 18.0 Å². The molecule has 2 heterocycles. The number of likely N-dealkylation sites (tertiary alicyclic amines) is 1. The standard InChI is InChI=1S/C19H24N2O2S/c1-13-10-15-11-16(23-3)7-8-17(15)20-19(13)24-12-18(22)21-9-5-4-6-14(21)2/h7-8,10-11,14H,4-6,9,12H2,1-3H3/t14-/m0/s1. The highest BCUT2D eigenvalue weighted by Gasteiger charge is 2.23. The van der Waals surface area contributed by atoms with Crippen LogP contribution in [0.3, 0.4) is 0 Å². The molecule has 1 saturated heterocycles. The lowest BCUT2D eigenvalue weighted by Gasteiger charge is -2.33. The van der Waals surface area contributed by atoms with E-state index in [-0.39, 0.29) is 5.91 Å². The molecule has 0 bridgehead atoms. The number of aromatic nitrogens is 1. The molecule has 0 spiro atoms. The van der Waals surface area contributed by atoms with Gasteiger partial charge in [-0.05, 0) is 62.9 Å². The molecule has 0 unspecified atom stereocenters. The van der Waals surface area contributed by atoms with Crippen LogP contribution in [0.5, 0.6) is 5.75 Å². The van der Waals surface area contributed by atoms with Crippen molar-refractivity contribution in [1.82, 2.24) is 9.88 Å². The third-order valence-corrected chi connectivity index (χ3v) is 5.70. The quantitative estimate of drug-likeness (QED) is 0.785. The predicted molar refractivity (Wildman–Crippen MR) is 98.8 cm³/mol. The Labute approximate surface area is 147 Å². The van der Waals surface area contributed by atoms with Gasteiger partial charge in [-0.2, -0.15) is 0 Å². The molecule has 1 aromatic heterocycles. The normalized spacial score (nSPS) is 18.0. The molecule has 1 aromatic carbocycles. The number of pyridine rings is 1. The highest BCUT2D eigenvalue weighted by molar-refractivity contribution is 7.99. The largest absolute Gasteiger partial charge is 0.497 e. The van der Waals surface area contributed by atoms with Crippen LogP contribution < -0.4 is 4.74 Å². The third-order valence-electron chi connectivity index (χ3n) is 4.62. The van der Waals surface area contributed by atoms with Crippen molar-refractivity contribution in [1.29, 1.82) is 0 Å². The minimum Gasteiger partial charge on any atom is -0.497 e. The molecule has 0 saturated carbocycles. The van der Waals surface area contributed by atoms with E-state index in [1.165, 1.54) is 6.42 Å². The van der Waals surface area contributed by atoms with Crippen LogP contribution in [0.1, 0.15) is 31.7 Å². The number of methoxy groups -OCH3 is 1. The summed E-state index contributed by atoms with van der Waals surface area (Å²) in [4.78, 5) is 19.2. The van der Waals surface area contributed by atoms with Gasteiger partial charge in [-0.1, -0.05) is 11.8 Å². The molecule has 0 N–H and O–H groups in total. The Kier molecular flexibility index (Phi) is 5.29. The van der Waals surface area contributed by atoms with Crippen molar-refractivity contribution >= 4 is 28.6 Å². The SMILES string of the molecule is COc1ccc2nc(SCC(=O)N3CCCC[C@@H]3C)c(C)cc2c1. The topological polar surface area (TPSA) is 42.4 Å². The van der Waals surface area contributed by atoms with E-state index in [2.05, 4.69) is 13.0 Å². The van der Waals surface area contributed by atoms with Crippen LogP contribution in [0, 0.1) is 6.92 Å². The first-order valence-electron chi connectivity index (χ1n) is 8.46. The van der Waals surface area contributed by atoms with Crippen molar-refractivity contribution in [2.24, 2.45) is 0 Å². The number of hydrogen-bond donors (Lipinski definition) is 0. The van der Waals surface area contributed by atoms with E-state index in [9.17, 15) is 4.79 Å². The van der Waals surface area contributed by atoms with Crippen LogP contribution in [0.2, 0.25) is 0 Å². The molecule has 1 atom stereocenters. The lowest BCUT2D eigenvalue weighted by Crippen LogP contribution is -2.42. The zero-order chi connectivity index (χ0) is 17.1. The van der Waals surface area contributed by atoms with E-state index in [4.69, 9.17) is 9.72 Å². The zero-order valence-corrected chi connectivity index (χ0v) is 15.4. The van der Waals surface area contributed by atoms with Gasteiger partial charge in [0.15, 0.2) is 0 Å². The van der Waals surface area contributed by atoms with Crippen molar-refractivity contribution in [3.8, 4) is 5.75 Å². The Morgan fingerprint density at radius 2 is 2.21 bits per heavy atom. The van der Waals surface area contributed by atoms with Crippen LogP contribution in [0.4, 0.5) is 0 Å². The van der Waals surface area contributed by atoms with Gasteiger partial charge < -0.3 is 9.64 Å². The number of carbonyl (C=O) groups is 1. The van der Waals surface area contributed by atoms with Gasteiger partial charge in [0.1, 0.15) is 10.8 Å². The maximum absolute atomic E-state index is 12.5. The van der Waals surface area contributed by atoms with Gasteiger partial charge in [0.05, 0.1) is 18.4 Å². The molecular formula is C19H24N2O2S. The van der Waals surface area contributed by atoms with Crippen LogP contribution in [-0.2, 0) is 4.79 Å². The number of nitrogens with zero attached hydrogens (tertiary/aromatic N) is 2. The Balaban J connectivity index is 1.72. The molecule has 0 radical (unpaired) electrons. The zero-order valence-electron chi connectivity index (χ0n) is 14.5. The summed E-state index contributed by atoms with van der Waals surface area (Å²) in [5.74, 6) is 1.52. The molecule has 128 valence electrons. The van der Waals surface area contributed by atoms with E-state index in [0.29, 0.717) is 11.8 Å². The Morgan fingerprint density at radius 3 is 2.96 bits per heavy atom. The number of hydrogen-bond acceptors (Lipinski definition) is 4. The van der Waals surface area contributed by atoms with Crippen molar-refractivity contribution in [2.75, 3.05) is 19.4 Å². The number of thioether (sulfide) groups is 1. The third kappa shape index (κ3) is 3.66. The van der Waals surface area contributed by atoms with Gasteiger partial charge in [-0.15, -0.1) is 0 Å². The predicted octanol–water partition coefficient (Wildman–Crippen LogP) is 4.04. The van der Waals surface area contributed by atoms with Gasteiger partial charge in [-0.3, -0.25) is 4.79 Å². The van der Waals surface area contributed by atoms with Crippen molar-refractivity contribution in [3.63, 3.8) is 0 Å². The van der Waals surface area contributed by atoms with Gasteiger partial charge in [0.2, 0.25) is 5.91 Å². The molecule has 0 aliphatic carbocycles. The molecule has 1 aliphatic heterocycles. The van der Waals surface area contributed by atoms with Gasteiger partial charge >= 0.3 is 0 Å². The Bertz CT molecular complexity index is 747. The minimum atomic E-state index is 0.225. The number of benzene rings is 1. The lowest BCUT2D eigenvalue weighted by atomic mass is 10.0. The molecule has 1 aliphatic rings. The highest BCUT2D eigenvalue weighted by atomic mass is 32.2. The second kappa shape index (κ2) is 7.43. The van der Waals surface area contributed by atoms with E-state index >= 15 is 0 Å². The second-order valence-corrected chi connectivity index (χ2v) is 7.35. The molecule has 2 aromatic rings.